The Hall–Kier alpha value is -1.80. The third kappa shape index (κ3) is 2.76. The zero-order valence-corrected chi connectivity index (χ0v) is 14.5. The normalized spacial score (nSPS) is 16.5. The third-order valence-corrected chi connectivity index (χ3v) is 4.77. The molecule has 3 rings (SSSR count). The van der Waals surface area contributed by atoms with E-state index >= 15 is 0 Å². The van der Waals surface area contributed by atoms with E-state index in [0.29, 0.717) is 17.2 Å². The molecule has 0 N–H and O–H groups in total. The van der Waals surface area contributed by atoms with Crippen molar-refractivity contribution in [2.75, 3.05) is 7.11 Å². The molecule has 0 spiro atoms. The zero-order valence-electron chi connectivity index (χ0n) is 13.8. The highest BCUT2D eigenvalue weighted by Gasteiger charge is 2.24. The molecule has 0 fully saturated rings. The Morgan fingerprint density at radius 1 is 1.13 bits per heavy atom. The molecule has 1 atom stereocenters. The molecule has 0 saturated carbocycles. The predicted molar refractivity (Wildman–Crippen MR) is 94.0 cm³/mol. The summed E-state index contributed by atoms with van der Waals surface area (Å²) in [6, 6.07) is 9.51. The molecule has 0 radical (unpaired) electrons. The molecule has 1 aliphatic carbocycles. The summed E-state index contributed by atoms with van der Waals surface area (Å²) in [6.07, 6.45) is 2.11. The predicted octanol–water partition coefficient (Wildman–Crippen LogP) is 6.16. The van der Waals surface area contributed by atoms with E-state index in [2.05, 4.69) is 45.0 Å². The maximum absolute atomic E-state index is 14.5. The maximum atomic E-state index is 14.5. The fourth-order valence-corrected chi connectivity index (χ4v) is 3.35. The van der Waals surface area contributed by atoms with E-state index in [0.717, 1.165) is 11.1 Å². The van der Waals surface area contributed by atoms with Crippen LogP contribution in [0.25, 0.3) is 5.57 Å². The summed E-state index contributed by atoms with van der Waals surface area (Å²) in [5.41, 5.74) is 5.05. The first-order valence-electron chi connectivity index (χ1n) is 7.81. The number of benzene rings is 2. The molecule has 1 aliphatic rings. The van der Waals surface area contributed by atoms with Crippen LogP contribution in [0.15, 0.2) is 36.4 Å². The Labute approximate surface area is 141 Å². The summed E-state index contributed by atoms with van der Waals surface area (Å²) < 4.78 is 19.8. The molecule has 2 aromatic carbocycles. The Bertz CT molecular complexity index is 792. The molecule has 0 heterocycles. The van der Waals surface area contributed by atoms with Crippen molar-refractivity contribution in [2.45, 2.75) is 32.6 Å². The molecule has 0 saturated heterocycles. The Balaban J connectivity index is 2.17. The van der Waals surface area contributed by atoms with E-state index in [1.807, 2.05) is 0 Å². The number of ether oxygens (including phenoxy) is 1. The van der Waals surface area contributed by atoms with Crippen LogP contribution in [0, 0.1) is 5.82 Å². The molecule has 3 heteroatoms. The number of rotatable bonds is 3. The van der Waals surface area contributed by atoms with Gasteiger partial charge in [-0.3, -0.25) is 0 Å². The maximum Gasteiger partial charge on any atom is 0.138 e. The summed E-state index contributed by atoms with van der Waals surface area (Å²) in [6.45, 7) is 6.46. The molecule has 0 aromatic heterocycles. The van der Waals surface area contributed by atoms with Crippen LogP contribution in [0.3, 0.4) is 0 Å². The lowest BCUT2D eigenvalue weighted by Gasteiger charge is -2.14. The van der Waals surface area contributed by atoms with Gasteiger partial charge in [-0.2, -0.15) is 0 Å². The monoisotopic (exact) mass is 330 g/mol. The first-order chi connectivity index (χ1) is 10.9. The minimum absolute atomic E-state index is 0.266. The van der Waals surface area contributed by atoms with Crippen LogP contribution in [-0.2, 0) is 0 Å². The molecule has 1 unspecified atom stereocenters. The summed E-state index contributed by atoms with van der Waals surface area (Å²) in [4.78, 5) is 0. The fraction of sp³-hybridized carbons (Fsp3) is 0.300. The average molecular weight is 331 g/mol. The van der Waals surface area contributed by atoms with Crippen molar-refractivity contribution in [3.05, 3.63) is 69.5 Å². The molecule has 0 bridgehead atoms. The smallest absolute Gasteiger partial charge is 0.138 e. The van der Waals surface area contributed by atoms with Crippen LogP contribution in [0.5, 0.6) is 5.75 Å². The first kappa shape index (κ1) is 16.1. The minimum Gasteiger partial charge on any atom is -0.495 e. The van der Waals surface area contributed by atoms with Crippen molar-refractivity contribution < 1.29 is 9.13 Å². The van der Waals surface area contributed by atoms with Crippen LogP contribution in [0.4, 0.5) is 4.39 Å². The summed E-state index contributed by atoms with van der Waals surface area (Å²) >= 11 is 6.02. The molecule has 2 aromatic rings. The summed E-state index contributed by atoms with van der Waals surface area (Å²) in [7, 11) is 1.54. The lowest BCUT2D eigenvalue weighted by molar-refractivity contribution is 0.413. The fourth-order valence-electron chi connectivity index (χ4n) is 3.12. The second kappa shape index (κ2) is 6.01. The number of allylic oxidation sites excluding steroid dienone is 1. The SMILES string of the molecule is COc1cc(C2=CC(C)c3ccc(C(C)C)cc32)c(F)cc1Cl. The van der Waals surface area contributed by atoms with Crippen LogP contribution in [-0.4, -0.2) is 7.11 Å². The standard InChI is InChI=1S/C20H20ClFO/c1-11(2)13-5-6-14-12(3)7-15(16(14)8-13)17-9-20(23-4)18(21)10-19(17)22/h5-12H,1-4H3. The van der Waals surface area contributed by atoms with Gasteiger partial charge in [-0.05, 0) is 40.3 Å². The van der Waals surface area contributed by atoms with Crippen molar-refractivity contribution in [1.82, 2.24) is 0 Å². The van der Waals surface area contributed by atoms with E-state index in [1.54, 1.807) is 13.2 Å². The van der Waals surface area contributed by atoms with E-state index in [1.165, 1.54) is 17.2 Å². The molecule has 0 aliphatic heterocycles. The van der Waals surface area contributed by atoms with Gasteiger partial charge in [-0.1, -0.05) is 56.6 Å². The Morgan fingerprint density at radius 3 is 2.52 bits per heavy atom. The largest absolute Gasteiger partial charge is 0.495 e. The number of methoxy groups -OCH3 is 1. The Morgan fingerprint density at radius 2 is 1.87 bits per heavy atom. The minimum atomic E-state index is -0.322. The quantitative estimate of drug-likeness (QED) is 0.654. The average Bonchev–Trinajstić information content (AvgIpc) is 2.84. The van der Waals surface area contributed by atoms with E-state index < -0.39 is 0 Å². The lowest BCUT2D eigenvalue weighted by atomic mass is 9.92. The summed E-state index contributed by atoms with van der Waals surface area (Å²) in [5.74, 6) is 0.867. The van der Waals surface area contributed by atoms with Gasteiger partial charge in [0.1, 0.15) is 11.6 Å². The van der Waals surface area contributed by atoms with Crippen LogP contribution >= 0.6 is 11.6 Å². The molecule has 120 valence electrons. The topological polar surface area (TPSA) is 9.23 Å². The molecular formula is C20H20ClFO. The highest BCUT2D eigenvalue weighted by Crippen LogP contribution is 2.43. The molecular weight excluding hydrogens is 311 g/mol. The van der Waals surface area contributed by atoms with Crippen molar-refractivity contribution in [2.24, 2.45) is 0 Å². The Kier molecular flexibility index (Phi) is 4.20. The van der Waals surface area contributed by atoms with Gasteiger partial charge in [0.05, 0.1) is 12.1 Å². The van der Waals surface area contributed by atoms with Gasteiger partial charge in [0.15, 0.2) is 0 Å². The molecule has 0 amide bonds. The highest BCUT2D eigenvalue weighted by atomic mass is 35.5. The number of fused-ring (bicyclic) bond motifs is 1. The number of hydrogen-bond donors (Lipinski definition) is 0. The zero-order chi connectivity index (χ0) is 16.7. The van der Waals surface area contributed by atoms with Gasteiger partial charge in [-0.25, -0.2) is 4.39 Å². The van der Waals surface area contributed by atoms with Gasteiger partial charge < -0.3 is 4.74 Å². The highest BCUT2D eigenvalue weighted by molar-refractivity contribution is 6.32. The summed E-state index contributed by atoms with van der Waals surface area (Å²) in [5, 5.41) is 0.288. The molecule has 23 heavy (non-hydrogen) atoms. The van der Waals surface area contributed by atoms with E-state index in [4.69, 9.17) is 16.3 Å². The second-order valence-electron chi connectivity index (χ2n) is 6.34. The van der Waals surface area contributed by atoms with E-state index in [-0.39, 0.29) is 16.8 Å². The van der Waals surface area contributed by atoms with Gasteiger partial charge in [0, 0.05) is 11.5 Å². The van der Waals surface area contributed by atoms with Crippen molar-refractivity contribution in [3.63, 3.8) is 0 Å². The third-order valence-electron chi connectivity index (χ3n) is 4.47. The van der Waals surface area contributed by atoms with Gasteiger partial charge in [0.2, 0.25) is 0 Å². The molecule has 1 nitrogen and oxygen atoms in total. The van der Waals surface area contributed by atoms with Crippen molar-refractivity contribution in [1.29, 1.82) is 0 Å². The lowest BCUT2D eigenvalue weighted by Crippen LogP contribution is -1.96. The second-order valence-corrected chi connectivity index (χ2v) is 6.74. The van der Waals surface area contributed by atoms with Crippen LogP contribution < -0.4 is 4.74 Å². The van der Waals surface area contributed by atoms with Crippen LogP contribution in [0.2, 0.25) is 5.02 Å². The number of halogens is 2. The van der Waals surface area contributed by atoms with Gasteiger partial charge in [-0.15, -0.1) is 0 Å². The van der Waals surface area contributed by atoms with Gasteiger partial charge in [0.25, 0.3) is 0 Å². The van der Waals surface area contributed by atoms with Crippen LogP contribution in [0.1, 0.15) is 54.9 Å². The van der Waals surface area contributed by atoms with Crippen molar-refractivity contribution >= 4 is 17.2 Å². The van der Waals surface area contributed by atoms with Crippen molar-refractivity contribution in [3.8, 4) is 5.75 Å². The van der Waals surface area contributed by atoms with E-state index in [9.17, 15) is 4.39 Å². The number of hydrogen-bond acceptors (Lipinski definition) is 1. The van der Waals surface area contributed by atoms with Gasteiger partial charge >= 0.3 is 0 Å². The first-order valence-corrected chi connectivity index (χ1v) is 8.19.